The standard InChI is InChI=1S/C17H28N2O2/c1-5-8-18-13(2)15-7-6-14(11-16(15)20)19-9-10-21-17(3,4)12-19/h6-7,11,13,18,20H,5,8-10,12H2,1-4H3. The Balaban J connectivity index is 2.11. The van der Waals surface area contributed by atoms with Gasteiger partial charge in [-0.2, -0.15) is 0 Å². The summed E-state index contributed by atoms with van der Waals surface area (Å²) >= 11 is 0. The lowest BCUT2D eigenvalue weighted by molar-refractivity contribution is -0.0277. The van der Waals surface area contributed by atoms with E-state index in [1.807, 2.05) is 12.1 Å². The van der Waals surface area contributed by atoms with E-state index >= 15 is 0 Å². The van der Waals surface area contributed by atoms with Gasteiger partial charge in [-0.15, -0.1) is 0 Å². The zero-order valence-corrected chi connectivity index (χ0v) is 13.6. The third kappa shape index (κ3) is 4.11. The molecule has 1 aliphatic heterocycles. The Morgan fingerprint density at radius 2 is 2.19 bits per heavy atom. The average Bonchev–Trinajstić information content (AvgIpc) is 2.43. The van der Waals surface area contributed by atoms with Crippen LogP contribution >= 0.6 is 0 Å². The highest BCUT2D eigenvalue weighted by Crippen LogP contribution is 2.31. The van der Waals surface area contributed by atoms with Crippen LogP contribution in [0.1, 0.15) is 45.7 Å². The normalized spacial score (nSPS) is 19.5. The Kier molecular flexibility index (Phi) is 5.12. The number of morpholine rings is 1. The fourth-order valence-electron chi connectivity index (χ4n) is 2.80. The van der Waals surface area contributed by atoms with Gasteiger partial charge in [0.25, 0.3) is 0 Å². The molecule has 4 heteroatoms. The van der Waals surface area contributed by atoms with Gasteiger partial charge in [0.15, 0.2) is 0 Å². The second-order valence-corrected chi connectivity index (χ2v) is 6.45. The van der Waals surface area contributed by atoms with Crippen LogP contribution in [0.15, 0.2) is 18.2 Å². The van der Waals surface area contributed by atoms with E-state index in [1.165, 1.54) is 0 Å². The lowest BCUT2D eigenvalue weighted by Crippen LogP contribution is -2.48. The number of nitrogens with one attached hydrogen (secondary N) is 1. The van der Waals surface area contributed by atoms with E-state index in [0.29, 0.717) is 5.75 Å². The van der Waals surface area contributed by atoms with Gasteiger partial charge in [-0.3, -0.25) is 0 Å². The van der Waals surface area contributed by atoms with E-state index in [0.717, 1.165) is 43.9 Å². The molecular formula is C17H28N2O2. The zero-order valence-electron chi connectivity index (χ0n) is 13.6. The van der Waals surface area contributed by atoms with Gasteiger partial charge in [-0.05, 0) is 39.8 Å². The molecule has 1 heterocycles. The molecule has 2 rings (SSSR count). The number of phenols is 1. The summed E-state index contributed by atoms with van der Waals surface area (Å²) in [5.41, 5.74) is 1.89. The number of rotatable bonds is 5. The van der Waals surface area contributed by atoms with Gasteiger partial charge in [-0.1, -0.05) is 13.0 Å². The maximum Gasteiger partial charge on any atom is 0.122 e. The number of ether oxygens (including phenoxy) is 1. The summed E-state index contributed by atoms with van der Waals surface area (Å²) in [4.78, 5) is 2.27. The van der Waals surface area contributed by atoms with Crippen molar-refractivity contribution in [3.8, 4) is 5.75 Å². The summed E-state index contributed by atoms with van der Waals surface area (Å²) in [6, 6.07) is 6.17. The third-order valence-electron chi connectivity index (χ3n) is 3.97. The molecule has 1 saturated heterocycles. The first-order chi connectivity index (χ1) is 9.93. The summed E-state index contributed by atoms with van der Waals surface area (Å²) in [7, 11) is 0. The third-order valence-corrected chi connectivity index (χ3v) is 3.97. The van der Waals surface area contributed by atoms with Gasteiger partial charge in [0.2, 0.25) is 0 Å². The minimum Gasteiger partial charge on any atom is -0.508 e. The topological polar surface area (TPSA) is 44.7 Å². The lowest BCUT2D eigenvalue weighted by Gasteiger charge is -2.39. The van der Waals surface area contributed by atoms with Crippen molar-refractivity contribution in [1.82, 2.24) is 5.32 Å². The number of aromatic hydroxyl groups is 1. The molecule has 1 atom stereocenters. The molecule has 21 heavy (non-hydrogen) atoms. The van der Waals surface area contributed by atoms with Gasteiger partial charge in [-0.25, -0.2) is 0 Å². The number of hydrogen-bond donors (Lipinski definition) is 2. The van der Waals surface area contributed by atoms with Crippen LogP contribution < -0.4 is 10.2 Å². The molecule has 1 aliphatic rings. The monoisotopic (exact) mass is 292 g/mol. The lowest BCUT2D eigenvalue weighted by atomic mass is 10.0. The van der Waals surface area contributed by atoms with E-state index in [2.05, 4.69) is 44.0 Å². The summed E-state index contributed by atoms with van der Waals surface area (Å²) in [5.74, 6) is 0.368. The first-order valence-corrected chi connectivity index (χ1v) is 7.88. The smallest absolute Gasteiger partial charge is 0.122 e. The first-order valence-electron chi connectivity index (χ1n) is 7.88. The summed E-state index contributed by atoms with van der Waals surface area (Å²) in [6.07, 6.45) is 1.09. The highest BCUT2D eigenvalue weighted by Gasteiger charge is 2.27. The maximum absolute atomic E-state index is 10.3. The van der Waals surface area contributed by atoms with Crippen LogP contribution in [0.2, 0.25) is 0 Å². The fraction of sp³-hybridized carbons (Fsp3) is 0.647. The van der Waals surface area contributed by atoms with E-state index in [1.54, 1.807) is 0 Å². The van der Waals surface area contributed by atoms with Crippen LogP contribution in [0.5, 0.6) is 5.75 Å². The largest absolute Gasteiger partial charge is 0.508 e. The Hall–Kier alpha value is -1.26. The molecule has 0 amide bonds. The van der Waals surface area contributed by atoms with Crippen LogP contribution in [0.3, 0.4) is 0 Å². The number of benzene rings is 1. The van der Waals surface area contributed by atoms with Gasteiger partial charge in [0.05, 0.1) is 12.2 Å². The van der Waals surface area contributed by atoms with Crippen LogP contribution in [0.25, 0.3) is 0 Å². The second kappa shape index (κ2) is 6.67. The van der Waals surface area contributed by atoms with E-state index < -0.39 is 0 Å². The first kappa shape index (κ1) is 16.1. The van der Waals surface area contributed by atoms with Crippen molar-refractivity contribution in [1.29, 1.82) is 0 Å². The zero-order chi connectivity index (χ0) is 15.5. The SMILES string of the molecule is CCCNC(C)c1ccc(N2CCOC(C)(C)C2)cc1O. The van der Waals surface area contributed by atoms with E-state index in [4.69, 9.17) is 4.74 Å². The molecule has 0 saturated carbocycles. The van der Waals surface area contributed by atoms with Crippen molar-refractivity contribution in [2.75, 3.05) is 31.1 Å². The summed E-state index contributed by atoms with van der Waals surface area (Å²) < 4.78 is 5.74. The van der Waals surface area contributed by atoms with Crippen molar-refractivity contribution in [2.45, 2.75) is 45.8 Å². The van der Waals surface area contributed by atoms with Crippen LogP contribution in [-0.2, 0) is 4.74 Å². The Morgan fingerprint density at radius 1 is 1.43 bits per heavy atom. The van der Waals surface area contributed by atoms with Crippen LogP contribution in [-0.4, -0.2) is 36.9 Å². The van der Waals surface area contributed by atoms with Crippen molar-refractivity contribution in [3.05, 3.63) is 23.8 Å². The molecule has 1 aromatic rings. The van der Waals surface area contributed by atoms with E-state index in [9.17, 15) is 5.11 Å². The minimum absolute atomic E-state index is 0.136. The maximum atomic E-state index is 10.3. The molecule has 2 N–H and O–H groups in total. The van der Waals surface area contributed by atoms with Crippen molar-refractivity contribution in [3.63, 3.8) is 0 Å². The predicted molar refractivity (Wildman–Crippen MR) is 87.1 cm³/mol. The highest BCUT2D eigenvalue weighted by molar-refractivity contribution is 5.54. The Bertz CT molecular complexity index is 474. The molecule has 0 aromatic heterocycles. The molecule has 0 radical (unpaired) electrons. The highest BCUT2D eigenvalue weighted by atomic mass is 16.5. The number of anilines is 1. The quantitative estimate of drug-likeness (QED) is 0.875. The van der Waals surface area contributed by atoms with Crippen LogP contribution in [0, 0.1) is 0 Å². The van der Waals surface area contributed by atoms with Gasteiger partial charge in [0.1, 0.15) is 5.75 Å². The molecular weight excluding hydrogens is 264 g/mol. The molecule has 0 spiro atoms. The fourth-order valence-corrected chi connectivity index (χ4v) is 2.80. The summed E-state index contributed by atoms with van der Waals surface area (Å²) in [6.45, 7) is 11.8. The average molecular weight is 292 g/mol. The summed E-state index contributed by atoms with van der Waals surface area (Å²) in [5, 5.41) is 13.7. The second-order valence-electron chi connectivity index (χ2n) is 6.45. The van der Waals surface area contributed by atoms with E-state index in [-0.39, 0.29) is 11.6 Å². The molecule has 1 aromatic carbocycles. The molecule has 0 bridgehead atoms. The molecule has 1 fully saturated rings. The molecule has 0 aliphatic carbocycles. The van der Waals surface area contributed by atoms with Gasteiger partial charge in [0, 0.05) is 36.4 Å². The van der Waals surface area contributed by atoms with Crippen molar-refractivity contribution >= 4 is 5.69 Å². The molecule has 1 unspecified atom stereocenters. The number of phenolic OH excluding ortho intramolecular Hbond substituents is 1. The van der Waals surface area contributed by atoms with Crippen molar-refractivity contribution < 1.29 is 9.84 Å². The number of nitrogens with zero attached hydrogens (tertiary/aromatic N) is 1. The minimum atomic E-state index is -0.136. The molecule has 4 nitrogen and oxygen atoms in total. The number of hydrogen-bond acceptors (Lipinski definition) is 4. The Labute approximate surface area is 128 Å². The van der Waals surface area contributed by atoms with Crippen LogP contribution in [0.4, 0.5) is 5.69 Å². The van der Waals surface area contributed by atoms with Crippen molar-refractivity contribution in [2.24, 2.45) is 0 Å². The Morgan fingerprint density at radius 3 is 2.81 bits per heavy atom. The predicted octanol–water partition coefficient (Wildman–Crippen LogP) is 3.07. The van der Waals surface area contributed by atoms with Gasteiger partial charge < -0.3 is 20.1 Å². The molecule has 118 valence electrons. The van der Waals surface area contributed by atoms with Gasteiger partial charge >= 0.3 is 0 Å².